The predicted octanol–water partition coefficient (Wildman–Crippen LogP) is 3.35. The second-order valence-electron chi connectivity index (χ2n) is 7.56. The molecular formula is C24H27N5O. The van der Waals surface area contributed by atoms with E-state index in [2.05, 4.69) is 58.6 Å². The van der Waals surface area contributed by atoms with Crippen LogP contribution in [0.1, 0.15) is 45.4 Å². The van der Waals surface area contributed by atoms with Gasteiger partial charge in [-0.25, -0.2) is 5.43 Å². The molecule has 2 atom stereocenters. The third-order valence-electron chi connectivity index (χ3n) is 5.56. The molecule has 0 aromatic heterocycles. The summed E-state index contributed by atoms with van der Waals surface area (Å²) in [7, 11) is 0. The van der Waals surface area contributed by atoms with Gasteiger partial charge >= 0.3 is 0 Å². The molecule has 3 aromatic carbocycles. The van der Waals surface area contributed by atoms with E-state index in [9.17, 15) is 4.79 Å². The molecule has 6 nitrogen and oxygen atoms in total. The van der Waals surface area contributed by atoms with Crippen molar-refractivity contribution in [2.45, 2.75) is 18.4 Å². The van der Waals surface area contributed by atoms with Gasteiger partial charge in [-0.1, -0.05) is 42.5 Å². The molecule has 0 aliphatic carbocycles. The lowest BCUT2D eigenvalue weighted by atomic mass is 9.95. The Morgan fingerprint density at radius 2 is 1.87 bits per heavy atom. The van der Waals surface area contributed by atoms with Gasteiger partial charge in [0.1, 0.15) is 0 Å². The molecular weight excluding hydrogens is 374 g/mol. The smallest absolute Gasteiger partial charge is 0.248 e. The molecule has 30 heavy (non-hydrogen) atoms. The van der Waals surface area contributed by atoms with E-state index < -0.39 is 5.91 Å². The van der Waals surface area contributed by atoms with E-state index >= 15 is 0 Å². The van der Waals surface area contributed by atoms with Crippen molar-refractivity contribution in [2.24, 2.45) is 11.5 Å². The fourth-order valence-corrected chi connectivity index (χ4v) is 3.94. The van der Waals surface area contributed by atoms with Crippen LogP contribution in [-0.2, 0) is 0 Å². The van der Waals surface area contributed by atoms with Gasteiger partial charge in [0.25, 0.3) is 0 Å². The monoisotopic (exact) mass is 401 g/mol. The Labute approximate surface area is 176 Å². The molecule has 0 saturated heterocycles. The zero-order valence-electron chi connectivity index (χ0n) is 16.8. The SMILES string of the molecule is NCCC(CNc1ccc2c(c1)C(c1cccc(C(N)=O)c1)NN2)c1ccccc1. The van der Waals surface area contributed by atoms with Crippen molar-refractivity contribution >= 4 is 17.3 Å². The van der Waals surface area contributed by atoms with E-state index in [1.165, 1.54) is 5.56 Å². The number of primary amides is 1. The average Bonchev–Trinajstić information content (AvgIpc) is 3.20. The van der Waals surface area contributed by atoms with Crippen LogP contribution in [0.5, 0.6) is 0 Å². The van der Waals surface area contributed by atoms with Gasteiger partial charge < -0.3 is 22.2 Å². The van der Waals surface area contributed by atoms with E-state index in [4.69, 9.17) is 11.5 Å². The summed E-state index contributed by atoms with van der Waals surface area (Å²) >= 11 is 0. The van der Waals surface area contributed by atoms with E-state index in [1.54, 1.807) is 6.07 Å². The standard InChI is InChI=1S/C24H27N5O/c25-12-11-19(16-5-2-1-3-6-16)15-27-20-9-10-22-21(14-20)23(29-28-22)17-7-4-8-18(13-17)24(26)30/h1-10,13-14,19,23,27-29H,11-12,15,25H2,(H2,26,30). The maximum Gasteiger partial charge on any atom is 0.248 e. The Morgan fingerprint density at radius 3 is 2.63 bits per heavy atom. The maximum atomic E-state index is 11.6. The molecule has 7 N–H and O–H groups in total. The maximum absolute atomic E-state index is 11.6. The number of nitrogens with two attached hydrogens (primary N) is 2. The molecule has 0 fully saturated rings. The van der Waals surface area contributed by atoms with E-state index in [1.807, 2.05) is 24.3 Å². The highest BCUT2D eigenvalue weighted by Gasteiger charge is 2.24. The molecule has 0 saturated carbocycles. The number of carbonyl (C=O) groups excluding carboxylic acids is 1. The van der Waals surface area contributed by atoms with Crippen LogP contribution in [0.4, 0.5) is 11.4 Å². The third-order valence-corrected chi connectivity index (χ3v) is 5.56. The van der Waals surface area contributed by atoms with Gasteiger partial charge in [0, 0.05) is 29.3 Å². The highest BCUT2D eigenvalue weighted by atomic mass is 16.1. The molecule has 4 rings (SSSR count). The summed E-state index contributed by atoms with van der Waals surface area (Å²) in [5.41, 5.74) is 23.8. The number of hydrogen-bond donors (Lipinski definition) is 5. The molecule has 0 radical (unpaired) electrons. The Kier molecular flexibility index (Phi) is 5.97. The van der Waals surface area contributed by atoms with Crippen LogP contribution >= 0.6 is 0 Å². The van der Waals surface area contributed by atoms with Crippen molar-refractivity contribution in [2.75, 3.05) is 23.8 Å². The van der Waals surface area contributed by atoms with Gasteiger partial charge in [-0.05, 0) is 54.4 Å². The topological polar surface area (TPSA) is 105 Å². The number of nitrogens with one attached hydrogen (secondary N) is 3. The lowest BCUT2D eigenvalue weighted by Crippen LogP contribution is -2.20. The van der Waals surface area contributed by atoms with Crippen LogP contribution in [0.2, 0.25) is 0 Å². The summed E-state index contributed by atoms with van der Waals surface area (Å²) in [6.45, 7) is 1.46. The number of hydrazine groups is 1. The fourth-order valence-electron chi connectivity index (χ4n) is 3.94. The third kappa shape index (κ3) is 4.30. The Hall–Kier alpha value is -3.35. The summed E-state index contributed by atoms with van der Waals surface area (Å²) in [4.78, 5) is 11.6. The zero-order valence-corrected chi connectivity index (χ0v) is 16.8. The molecule has 3 aromatic rings. The number of fused-ring (bicyclic) bond motifs is 1. The zero-order chi connectivity index (χ0) is 20.9. The molecule has 0 spiro atoms. The van der Waals surface area contributed by atoms with Crippen LogP contribution in [-0.4, -0.2) is 19.0 Å². The van der Waals surface area contributed by atoms with Gasteiger partial charge in [-0.2, -0.15) is 0 Å². The van der Waals surface area contributed by atoms with E-state index in [0.717, 1.165) is 35.5 Å². The van der Waals surface area contributed by atoms with Crippen molar-refractivity contribution in [1.82, 2.24) is 5.43 Å². The molecule has 1 amide bonds. The quantitative estimate of drug-likeness (QED) is 0.398. The Bertz CT molecular complexity index is 1020. The Morgan fingerprint density at radius 1 is 1.03 bits per heavy atom. The van der Waals surface area contributed by atoms with Crippen molar-refractivity contribution < 1.29 is 4.79 Å². The molecule has 1 heterocycles. The minimum atomic E-state index is -0.426. The number of rotatable bonds is 8. The molecule has 1 aliphatic rings. The van der Waals surface area contributed by atoms with Gasteiger partial charge in [0.15, 0.2) is 0 Å². The summed E-state index contributed by atoms with van der Waals surface area (Å²) < 4.78 is 0. The van der Waals surface area contributed by atoms with Gasteiger partial charge in [0.2, 0.25) is 5.91 Å². The van der Waals surface area contributed by atoms with Crippen LogP contribution in [0.25, 0.3) is 0 Å². The highest BCUT2D eigenvalue weighted by molar-refractivity contribution is 5.93. The minimum Gasteiger partial charge on any atom is -0.384 e. The van der Waals surface area contributed by atoms with E-state index in [-0.39, 0.29) is 6.04 Å². The first-order valence-corrected chi connectivity index (χ1v) is 10.2. The first-order chi connectivity index (χ1) is 14.7. The van der Waals surface area contributed by atoms with Crippen molar-refractivity contribution in [3.05, 3.63) is 95.1 Å². The number of amides is 1. The van der Waals surface area contributed by atoms with E-state index in [0.29, 0.717) is 18.0 Å². The number of benzene rings is 3. The lowest BCUT2D eigenvalue weighted by molar-refractivity contribution is 0.1000. The molecule has 154 valence electrons. The molecule has 6 heteroatoms. The lowest BCUT2D eigenvalue weighted by Gasteiger charge is -2.19. The van der Waals surface area contributed by atoms with Crippen LogP contribution < -0.4 is 27.6 Å². The number of carbonyl (C=O) groups is 1. The van der Waals surface area contributed by atoms with Crippen LogP contribution in [0.15, 0.2) is 72.8 Å². The second kappa shape index (κ2) is 8.98. The van der Waals surface area contributed by atoms with Gasteiger partial charge in [0.05, 0.1) is 11.7 Å². The largest absolute Gasteiger partial charge is 0.384 e. The van der Waals surface area contributed by atoms with Crippen molar-refractivity contribution in [1.29, 1.82) is 0 Å². The molecule has 2 unspecified atom stereocenters. The number of hydrogen-bond acceptors (Lipinski definition) is 5. The van der Waals surface area contributed by atoms with Crippen LogP contribution in [0.3, 0.4) is 0 Å². The van der Waals surface area contributed by atoms with Gasteiger partial charge in [-0.3, -0.25) is 4.79 Å². The van der Waals surface area contributed by atoms with Crippen molar-refractivity contribution in [3.8, 4) is 0 Å². The normalized spacial score (nSPS) is 15.8. The highest BCUT2D eigenvalue weighted by Crippen LogP contribution is 2.35. The van der Waals surface area contributed by atoms with Crippen molar-refractivity contribution in [3.63, 3.8) is 0 Å². The summed E-state index contributed by atoms with van der Waals surface area (Å²) in [6.07, 6.45) is 0.924. The summed E-state index contributed by atoms with van der Waals surface area (Å²) in [5, 5.41) is 3.57. The predicted molar refractivity (Wildman–Crippen MR) is 121 cm³/mol. The minimum absolute atomic E-state index is 0.0602. The Balaban J connectivity index is 1.53. The summed E-state index contributed by atoms with van der Waals surface area (Å²) in [5.74, 6) is -0.0749. The van der Waals surface area contributed by atoms with Crippen LogP contribution in [0, 0.1) is 0 Å². The van der Waals surface area contributed by atoms with Gasteiger partial charge in [-0.15, -0.1) is 0 Å². The summed E-state index contributed by atoms with van der Waals surface area (Å²) in [6, 6.07) is 24.1. The molecule has 0 bridgehead atoms. The number of anilines is 2. The average molecular weight is 402 g/mol. The fraction of sp³-hybridized carbons (Fsp3) is 0.208. The second-order valence-corrected chi connectivity index (χ2v) is 7.56. The first kappa shape index (κ1) is 19.9. The first-order valence-electron chi connectivity index (χ1n) is 10.2. The molecule has 1 aliphatic heterocycles.